The van der Waals surface area contributed by atoms with Crippen LogP contribution in [0.5, 0.6) is 0 Å². The smallest absolute Gasteiger partial charge is 0.238 e. The number of likely N-dealkylation sites (tertiary alicyclic amines) is 1. The van der Waals surface area contributed by atoms with E-state index >= 15 is 0 Å². The maximum atomic E-state index is 12.3. The number of nitriles is 1. The minimum Gasteiger partial charge on any atom is -0.325 e. The molecule has 9 nitrogen and oxygen atoms in total. The molecule has 0 bridgehead atoms. The van der Waals surface area contributed by atoms with Crippen molar-refractivity contribution >= 4 is 23.2 Å². The molecule has 1 aliphatic heterocycles. The van der Waals surface area contributed by atoms with Crippen LogP contribution in [0.3, 0.4) is 0 Å². The summed E-state index contributed by atoms with van der Waals surface area (Å²) in [5.74, 6) is 1.01. The number of rotatable bonds is 9. The fourth-order valence-electron chi connectivity index (χ4n) is 5.46. The van der Waals surface area contributed by atoms with Gasteiger partial charge in [-0.3, -0.25) is 14.4 Å². The quantitative estimate of drug-likeness (QED) is 0.423. The fraction of sp³-hybridized carbons (Fsp3) is 0.464. The number of hydrogen-bond donors (Lipinski definition) is 2. The van der Waals surface area contributed by atoms with Gasteiger partial charge in [0.1, 0.15) is 0 Å². The molecule has 1 saturated heterocycles. The molecular formula is C28H34N8O. The number of hydrogen-bond acceptors (Lipinski definition) is 7. The summed E-state index contributed by atoms with van der Waals surface area (Å²) >= 11 is 0. The van der Waals surface area contributed by atoms with E-state index in [0.29, 0.717) is 24.8 Å². The van der Waals surface area contributed by atoms with E-state index in [0.717, 1.165) is 54.1 Å². The molecule has 1 unspecified atom stereocenters. The van der Waals surface area contributed by atoms with Gasteiger partial charge in [0.05, 0.1) is 37.0 Å². The Bertz CT molecular complexity index is 1250. The molecule has 0 radical (unpaired) electrons. The van der Waals surface area contributed by atoms with E-state index < -0.39 is 0 Å². The van der Waals surface area contributed by atoms with Crippen molar-refractivity contribution in [3.63, 3.8) is 0 Å². The van der Waals surface area contributed by atoms with Gasteiger partial charge in [0.25, 0.3) is 0 Å². The number of aryl methyl sites for hydroxylation is 1. The van der Waals surface area contributed by atoms with Crippen molar-refractivity contribution in [3.8, 4) is 17.3 Å². The molecule has 37 heavy (non-hydrogen) atoms. The molecule has 1 atom stereocenters. The Morgan fingerprint density at radius 3 is 2.57 bits per heavy atom. The predicted octanol–water partition coefficient (Wildman–Crippen LogP) is 5.07. The van der Waals surface area contributed by atoms with Crippen molar-refractivity contribution in [2.45, 2.75) is 57.9 Å². The molecule has 2 N–H and O–H groups in total. The first-order valence-corrected chi connectivity index (χ1v) is 13.2. The van der Waals surface area contributed by atoms with Crippen LogP contribution in [0, 0.1) is 24.2 Å². The molecular weight excluding hydrogens is 464 g/mol. The van der Waals surface area contributed by atoms with Crippen molar-refractivity contribution in [2.75, 3.05) is 30.3 Å². The minimum absolute atomic E-state index is 0.0135. The van der Waals surface area contributed by atoms with E-state index in [1.165, 1.54) is 25.7 Å². The van der Waals surface area contributed by atoms with Crippen LogP contribution in [0.1, 0.15) is 56.6 Å². The number of aromatic nitrogens is 4. The summed E-state index contributed by atoms with van der Waals surface area (Å²) in [6.07, 6.45) is 13.2. The van der Waals surface area contributed by atoms with E-state index in [-0.39, 0.29) is 11.9 Å². The maximum Gasteiger partial charge on any atom is 0.238 e. The highest BCUT2D eigenvalue weighted by Gasteiger charge is 2.27. The molecule has 1 saturated carbocycles. The molecule has 3 aromatic rings. The number of carbonyl (C=O) groups excluding carboxylic acids is 1. The zero-order valence-electron chi connectivity index (χ0n) is 21.4. The van der Waals surface area contributed by atoms with Crippen LogP contribution >= 0.6 is 0 Å². The second-order valence-corrected chi connectivity index (χ2v) is 10.1. The summed E-state index contributed by atoms with van der Waals surface area (Å²) in [5, 5.41) is 20.2. The largest absolute Gasteiger partial charge is 0.325 e. The number of nitrogens with one attached hydrogen (secondary N) is 2. The topological polar surface area (TPSA) is 112 Å². The van der Waals surface area contributed by atoms with Gasteiger partial charge in [-0.25, -0.2) is 9.97 Å². The standard InChI is InChI=1S/C28H34N8O/c1-20-16-30-28(33-24-10-8-23(9-11-24)32-26(37)19-35-14-4-5-15-35)34-27(20)22-17-31-36(18-22)25(12-13-29)21-6-2-3-7-21/h8-11,16-18,21,25H,2-7,12,14-15,19H2,1H3,(H,32,37)(H,30,33,34). The number of anilines is 3. The highest BCUT2D eigenvalue weighted by atomic mass is 16.2. The van der Waals surface area contributed by atoms with E-state index in [4.69, 9.17) is 4.98 Å². The van der Waals surface area contributed by atoms with Crippen molar-refractivity contribution in [1.82, 2.24) is 24.6 Å². The Hall–Kier alpha value is -3.77. The summed E-state index contributed by atoms with van der Waals surface area (Å²) in [6.45, 7) is 4.42. The van der Waals surface area contributed by atoms with Gasteiger partial charge in [0.2, 0.25) is 11.9 Å². The maximum absolute atomic E-state index is 12.3. The van der Waals surface area contributed by atoms with Gasteiger partial charge in [-0.15, -0.1) is 0 Å². The van der Waals surface area contributed by atoms with Crippen LogP contribution in [0.15, 0.2) is 42.9 Å². The third kappa shape index (κ3) is 6.15. The molecule has 5 rings (SSSR count). The molecule has 1 amide bonds. The first-order chi connectivity index (χ1) is 18.1. The molecule has 192 valence electrons. The zero-order chi connectivity index (χ0) is 25.6. The highest BCUT2D eigenvalue weighted by Crippen LogP contribution is 2.36. The van der Waals surface area contributed by atoms with Crippen LogP contribution in [-0.4, -0.2) is 50.2 Å². The Balaban J connectivity index is 1.25. The molecule has 1 aliphatic carbocycles. The van der Waals surface area contributed by atoms with E-state index in [1.54, 1.807) is 6.20 Å². The molecule has 2 fully saturated rings. The molecule has 2 aromatic heterocycles. The average Bonchev–Trinajstić information content (AvgIpc) is 3.68. The van der Waals surface area contributed by atoms with Crippen LogP contribution in [-0.2, 0) is 4.79 Å². The van der Waals surface area contributed by atoms with E-state index in [9.17, 15) is 10.1 Å². The lowest BCUT2D eigenvalue weighted by Crippen LogP contribution is -2.30. The molecule has 9 heteroatoms. The number of amides is 1. The summed E-state index contributed by atoms with van der Waals surface area (Å²) < 4.78 is 1.96. The molecule has 2 aliphatic rings. The summed E-state index contributed by atoms with van der Waals surface area (Å²) in [6, 6.07) is 10.0. The second-order valence-electron chi connectivity index (χ2n) is 10.1. The SMILES string of the molecule is Cc1cnc(Nc2ccc(NC(=O)CN3CCCC3)cc2)nc1-c1cnn(C(CC#N)C2CCCC2)c1. The Labute approximate surface area is 217 Å². The van der Waals surface area contributed by atoms with Crippen LogP contribution < -0.4 is 10.6 Å². The third-order valence-electron chi connectivity index (χ3n) is 7.42. The molecule has 0 spiro atoms. The van der Waals surface area contributed by atoms with Crippen LogP contribution in [0.2, 0.25) is 0 Å². The second kappa shape index (κ2) is 11.5. The summed E-state index contributed by atoms with van der Waals surface area (Å²) in [5.41, 5.74) is 4.29. The Morgan fingerprint density at radius 2 is 1.84 bits per heavy atom. The average molecular weight is 499 g/mol. The van der Waals surface area contributed by atoms with Crippen molar-refractivity contribution < 1.29 is 4.79 Å². The van der Waals surface area contributed by atoms with E-state index in [2.05, 4.69) is 31.7 Å². The lowest BCUT2D eigenvalue weighted by Gasteiger charge is -2.21. The van der Waals surface area contributed by atoms with Gasteiger partial charge < -0.3 is 10.6 Å². The Kier molecular flexibility index (Phi) is 7.76. The lowest BCUT2D eigenvalue weighted by molar-refractivity contribution is -0.117. The van der Waals surface area contributed by atoms with Gasteiger partial charge in [-0.1, -0.05) is 12.8 Å². The zero-order valence-corrected chi connectivity index (χ0v) is 21.4. The van der Waals surface area contributed by atoms with Gasteiger partial charge in [0, 0.05) is 29.3 Å². The molecule has 1 aromatic carbocycles. The summed E-state index contributed by atoms with van der Waals surface area (Å²) in [7, 11) is 0. The van der Waals surface area contributed by atoms with Crippen molar-refractivity contribution in [1.29, 1.82) is 5.26 Å². The van der Waals surface area contributed by atoms with E-state index in [1.807, 2.05) is 48.3 Å². The van der Waals surface area contributed by atoms with Gasteiger partial charge in [-0.05, 0) is 81.4 Å². The number of nitrogens with zero attached hydrogens (tertiary/aromatic N) is 6. The number of benzene rings is 1. The Morgan fingerprint density at radius 1 is 1.11 bits per heavy atom. The monoisotopic (exact) mass is 498 g/mol. The van der Waals surface area contributed by atoms with Crippen molar-refractivity contribution in [3.05, 3.63) is 48.4 Å². The normalized spacial score (nSPS) is 17.0. The lowest BCUT2D eigenvalue weighted by atomic mass is 9.96. The first-order valence-electron chi connectivity index (χ1n) is 13.2. The fourth-order valence-corrected chi connectivity index (χ4v) is 5.46. The van der Waals surface area contributed by atoms with Gasteiger partial charge in [-0.2, -0.15) is 10.4 Å². The van der Waals surface area contributed by atoms with Crippen LogP contribution in [0.25, 0.3) is 11.3 Å². The van der Waals surface area contributed by atoms with Crippen molar-refractivity contribution in [2.24, 2.45) is 5.92 Å². The van der Waals surface area contributed by atoms with Gasteiger partial charge >= 0.3 is 0 Å². The summed E-state index contributed by atoms with van der Waals surface area (Å²) in [4.78, 5) is 23.7. The number of carbonyl (C=O) groups is 1. The predicted molar refractivity (Wildman–Crippen MR) is 143 cm³/mol. The highest BCUT2D eigenvalue weighted by molar-refractivity contribution is 5.92. The molecule has 3 heterocycles. The minimum atomic E-state index is 0.0135. The first kappa shape index (κ1) is 24.9. The van der Waals surface area contributed by atoms with Gasteiger partial charge in [0.15, 0.2) is 0 Å². The third-order valence-corrected chi connectivity index (χ3v) is 7.42. The van der Waals surface area contributed by atoms with Crippen LogP contribution in [0.4, 0.5) is 17.3 Å².